The molecule has 1 amide bonds. The first kappa shape index (κ1) is 20.2. The topological polar surface area (TPSA) is 56.1 Å². The molecule has 1 unspecified atom stereocenters. The molecule has 1 atom stereocenters. The maximum Gasteiger partial charge on any atom is 0.435 e. The summed E-state index contributed by atoms with van der Waals surface area (Å²) in [4.78, 5) is 12.0. The van der Waals surface area contributed by atoms with Crippen molar-refractivity contribution in [2.24, 2.45) is 5.92 Å². The Hall–Kier alpha value is -2.56. The fraction of sp³-hybridized carbons (Fsp3) is 0.412. The third-order valence-corrected chi connectivity index (χ3v) is 4.18. The van der Waals surface area contributed by atoms with Crippen LogP contribution in [0.1, 0.15) is 24.2 Å². The Morgan fingerprint density at radius 3 is 2.36 bits per heavy atom. The second kappa shape index (κ2) is 7.46. The Balaban J connectivity index is 1.79. The SMILES string of the molecule is O=C(CC1CCOC1)Nc1ccc(-n2nc(C(F)(F)F)cc2C(F)(F)F)cc1. The first-order chi connectivity index (χ1) is 13.0. The van der Waals surface area contributed by atoms with Gasteiger partial charge in [0.2, 0.25) is 5.91 Å². The van der Waals surface area contributed by atoms with Crippen LogP contribution < -0.4 is 5.32 Å². The fourth-order valence-corrected chi connectivity index (χ4v) is 2.82. The third-order valence-electron chi connectivity index (χ3n) is 4.18. The number of rotatable bonds is 4. The highest BCUT2D eigenvalue weighted by Crippen LogP contribution is 2.36. The summed E-state index contributed by atoms with van der Waals surface area (Å²) in [5, 5.41) is 5.64. The van der Waals surface area contributed by atoms with Gasteiger partial charge < -0.3 is 10.1 Å². The molecular formula is C17H15F6N3O2. The summed E-state index contributed by atoms with van der Waals surface area (Å²) in [7, 11) is 0. The molecular weight excluding hydrogens is 392 g/mol. The van der Waals surface area contributed by atoms with Crippen LogP contribution in [0, 0.1) is 5.92 Å². The lowest BCUT2D eigenvalue weighted by atomic mass is 10.0. The first-order valence-corrected chi connectivity index (χ1v) is 8.26. The van der Waals surface area contributed by atoms with E-state index in [1.807, 2.05) is 0 Å². The lowest BCUT2D eigenvalue weighted by Crippen LogP contribution is -2.17. The van der Waals surface area contributed by atoms with Crippen LogP contribution in [-0.4, -0.2) is 28.9 Å². The molecule has 1 aromatic heterocycles. The van der Waals surface area contributed by atoms with Crippen LogP contribution in [0.25, 0.3) is 5.69 Å². The molecule has 0 saturated carbocycles. The van der Waals surface area contributed by atoms with Crippen LogP contribution in [0.2, 0.25) is 0 Å². The Bertz CT molecular complexity index is 836. The van der Waals surface area contributed by atoms with Gasteiger partial charge in [0, 0.05) is 31.4 Å². The largest absolute Gasteiger partial charge is 0.435 e. The molecule has 0 bridgehead atoms. The van der Waals surface area contributed by atoms with Gasteiger partial charge in [-0.3, -0.25) is 4.79 Å². The van der Waals surface area contributed by atoms with Gasteiger partial charge in [-0.05, 0) is 36.6 Å². The number of carbonyl (C=O) groups is 1. The summed E-state index contributed by atoms with van der Waals surface area (Å²) in [6.07, 6.45) is -9.02. The number of alkyl halides is 6. The minimum Gasteiger partial charge on any atom is -0.381 e. The zero-order chi connectivity index (χ0) is 20.5. The van der Waals surface area contributed by atoms with E-state index >= 15 is 0 Å². The molecule has 1 aliphatic heterocycles. The van der Waals surface area contributed by atoms with Crippen molar-refractivity contribution in [1.29, 1.82) is 0 Å². The quantitative estimate of drug-likeness (QED) is 0.770. The molecule has 0 spiro atoms. The fourth-order valence-electron chi connectivity index (χ4n) is 2.82. The summed E-state index contributed by atoms with van der Waals surface area (Å²) >= 11 is 0. The number of ether oxygens (including phenoxy) is 1. The molecule has 1 saturated heterocycles. The molecule has 5 nitrogen and oxygen atoms in total. The lowest BCUT2D eigenvalue weighted by Gasteiger charge is -2.12. The number of hydrogen-bond donors (Lipinski definition) is 1. The monoisotopic (exact) mass is 407 g/mol. The molecule has 0 aliphatic carbocycles. The molecule has 1 N–H and O–H groups in total. The highest BCUT2D eigenvalue weighted by atomic mass is 19.4. The number of carbonyl (C=O) groups excluding carboxylic acids is 1. The van der Waals surface area contributed by atoms with E-state index in [-0.39, 0.29) is 34.7 Å². The Labute approximate surface area is 155 Å². The highest BCUT2D eigenvalue weighted by Gasteiger charge is 2.42. The van der Waals surface area contributed by atoms with Gasteiger partial charge in [-0.15, -0.1) is 0 Å². The molecule has 1 fully saturated rings. The zero-order valence-corrected chi connectivity index (χ0v) is 14.3. The van der Waals surface area contributed by atoms with Gasteiger partial charge >= 0.3 is 12.4 Å². The number of halogens is 6. The van der Waals surface area contributed by atoms with Gasteiger partial charge in [0.15, 0.2) is 5.69 Å². The molecule has 2 aromatic rings. The van der Waals surface area contributed by atoms with Crippen LogP contribution in [0.5, 0.6) is 0 Å². The average molecular weight is 407 g/mol. The second-order valence-corrected chi connectivity index (χ2v) is 6.35. The summed E-state index contributed by atoms with van der Waals surface area (Å²) in [5.41, 5.74) is -3.09. The van der Waals surface area contributed by atoms with Crippen LogP contribution >= 0.6 is 0 Å². The smallest absolute Gasteiger partial charge is 0.381 e. The number of benzene rings is 1. The first-order valence-electron chi connectivity index (χ1n) is 8.26. The number of nitrogens with one attached hydrogen (secondary N) is 1. The Morgan fingerprint density at radius 2 is 1.82 bits per heavy atom. The van der Waals surface area contributed by atoms with E-state index in [1.54, 1.807) is 0 Å². The number of amides is 1. The zero-order valence-electron chi connectivity index (χ0n) is 14.3. The van der Waals surface area contributed by atoms with Crippen LogP contribution in [0.15, 0.2) is 30.3 Å². The number of anilines is 1. The van der Waals surface area contributed by atoms with Crippen molar-refractivity contribution in [3.63, 3.8) is 0 Å². The predicted molar refractivity (Wildman–Crippen MR) is 85.7 cm³/mol. The summed E-state index contributed by atoms with van der Waals surface area (Å²) < 4.78 is 82.9. The van der Waals surface area contributed by atoms with Crippen LogP contribution in [-0.2, 0) is 21.9 Å². The van der Waals surface area contributed by atoms with Crippen LogP contribution in [0.3, 0.4) is 0 Å². The van der Waals surface area contributed by atoms with Crippen molar-refractivity contribution >= 4 is 11.6 Å². The normalized spacial score (nSPS) is 17.7. The highest BCUT2D eigenvalue weighted by molar-refractivity contribution is 5.90. The van der Waals surface area contributed by atoms with Crippen molar-refractivity contribution in [2.45, 2.75) is 25.2 Å². The van der Waals surface area contributed by atoms with Crippen molar-refractivity contribution in [2.75, 3.05) is 18.5 Å². The van der Waals surface area contributed by atoms with E-state index in [0.717, 1.165) is 18.6 Å². The van der Waals surface area contributed by atoms with Crippen molar-refractivity contribution in [3.8, 4) is 5.69 Å². The summed E-state index contributed by atoms with van der Waals surface area (Å²) in [6.45, 7) is 1.09. The molecule has 2 heterocycles. The van der Waals surface area contributed by atoms with E-state index in [1.165, 1.54) is 12.1 Å². The van der Waals surface area contributed by atoms with E-state index in [4.69, 9.17) is 4.74 Å². The lowest BCUT2D eigenvalue weighted by molar-refractivity contribution is -0.143. The molecule has 28 heavy (non-hydrogen) atoms. The Kier molecular flexibility index (Phi) is 5.37. The van der Waals surface area contributed by atoms with Gasteiger partial charge in [0.05, 0.1) is 5.69 Å². The number of hydrogen-bond acceptors (Lipinski definition) is 3. The van der Waals surface area contributed by atoms with Gasteiger partial charge in [-0.25, -0.2) is 4.68 Å². The van der Waals surface area contributed by atoms with E-state index < -0.39 is 23.7 Å². The Morgan fingerprint density at radius 1 is 1.14 bits per heavy atom. The maximum atomic E-state index is 13.1. The summed E-state index contributed by atoms with van der Waals surface area (Å²) in [5.74, 6) is -0.170. The minimum atomic E-state index is -5.02. The van der Waals surface area contributed by atoms with Gasteiger partial charge in [0.1, 0.15) is 5.69 Å². The molecule has 11 heteroatoms. The third kappa shape index (κ3) is 4.64. The van der Waals surface area contributed by atoms with Gasteiger partial charge in [0.25, 0.3) is 0 Å². The van der Waals surface area contributed by atoms with Crippen molar-refractivity contribution < 1.29 is 35.9 Å². The second-order valence-electron chi connectivity index (χ2n) is 6.35. The molecule has 152 valence electrons. The van der Waals surface area contributed by atoms with E-state index in [9.17, 15) is 31.1 Å². The average Bonchev–Trinajstić information content (AvgIpc) is 3.23. The number of nitrogens with zero attached hydrogens (tertiary/aromatic N) is 2. The molecule has 1 aromatic carbocycles. The maximum absolute atomic E-state index is 13.1. The van der Waals surface area contributed by atoms with E-state index in [2.05, 4.69) is 10.4 Å². The van der Waals surface area contributed by atoms with Gasteiger partial charge in [-0.2, -0.15) is 31.4 Å². The molecule has 0 radical (unpaired) electrons. The summed E-state index contributed by atoms with van der Waals surface area (Å²) in [6, 6.07) is 4.85. The number of aromatic nitrogens is 2. The predicted octanol–water partition coefficient (Wildman–Crippen LogP) is 4.28. The van der Waals surface area contributed by atoms with Crippen molar-refractivity contribution in [3.05, 3.63) is 41.7 Å². The minimum absolute atomic E-state index is 0.0423. The standard InChI is InChI=1S/C17H15F6N3O2/c18-16(19,20)13-8-14(17(21,22)23)26(25-13)12-3-1-11(2-4-12)24-15(27)7-10-5-6-28-9-10/h1-4,8,10H,5-7,9H2,(H,24,27). The van der Waals surface area contributed by atoms with E-state index in [0.29, 0.717) is 18.9 Å². The molecule has 3 rings (SSSR count). The van der Waals surface area contributed by atoms with Crippen LogP contribution in [0.4, 0.5) is 32.0 Å². The van der Waals surface area contributed by atoms with Gasteiger partial charge in [-0.1, -0.05) is 0 Å². The van der Waals surface area contributed by atoms with Crippen molar-refractivity contribution in [1.82, 2.24) is 9.78 Å². The molecule has 1 aliphatic rings.